The van der Waals surface area contributed by atoms with Crippen molar-refractivity contribution in [3.63, 3.8) is 0 Å². The second-order valence-electron chi connectivity index (χ2n) is 5.90. The molecule has 0 bridgehead atoms. The first-order valence-corrected chi connectivity index (χ1v) is 7.77. The van der Waals surface area contributed by atoms with Crippen LogP contribution in [0.4, 0.5) is 0 Å². The van der Waals surface area contributed by atoms with E-state index in [-0.39, 0.29) is 0 Å². The molecule has 0 N–H and O–H groups in total. The zero-order valence-corrected chi connectivity index (χ0v) is 12.7. The Kier molecular flexibility index (Phi) is 3.16. The Morgan fingerprint density at radius 3 is 2.05 bits per heavy atom. The predicted octanol–water partition coefficient (Wildman–Crippen LogP) is 5.89. The van der Waals surface area contributed by atoms with Crippen LogP contribution in [0.1, 0.15) is 16.7 Å². The van der Waals surface area contributed by atoms with E-state index in [1.807, 2.05) is 0 Å². The number of hydrogen-bond donors (Lipinski definition) is 0. The Hall–Kier alpha value is -2.60. The van der Waals surface area contributed by atoms with Gasteiger partial charge in [0, 0.05) is 0 Å². The Labute approximate surface area is 131 Å². The van der Waals surface area contributed by atoms with Crippen molar-refractivity contribution in [1.82, 2.24) is 0 Å². The van der Waals surface area contributed by atoms with E-state index >= 15 is 0 Å². The third-order valence-corrected chi connectivity index (χ3v) is 4.52. The SMILES string of the molecule is Cc1ccc2ccccc2c1Cc1cccc2ccccc12. The lowest BCUT2D eigenvalue weighted by atomic mass is 9.92. The highest BCUT2D eigenvalue weighted by Crippen LogP contribution is 2.27. The molecule has 0 atom stereocenters. The lowest BCUT2D eigenvalue weighted by Gasteiger charge is -2.12. The van der Waals surface area contributed by atoms with Gasteiger partial charge in [-0.05, 0) is 51.6 Å². The highest BCUT2D eigenvalue weighted by Gasteiger charge is 2.08. The predicted molar refractivity (Wildman–Crippen MR) is 95.4 cm³/mol. The Morgan fingerprint density at radius 2 is 1.23 bits per heavy atom. The van der Waals surface area contributed by atoms with E-state index in [2.05, 4.69) is 85.8 Å². The fourth-order valence-electron chi connectivity index (χ4n) is 3.32. The molecule has 0 aromatic heterocycles. The first-order chi connectivity index (χ1) is 10.8. The minimum absolute atomic E-state index is 0.981. The summed E-state index contributed by atoms with van der Waals surface area (Å²) in [5.74, 6) is 0. The van der Waals surface area contributed by atoms with Gasteiger partial charge >= 0.3 is 0 Å². The molecule has 22 heavy (non-hydrogen) atoms. The first kappa shape index (κ1) is 13.1. The van der Waals surface area contributed by atoms with Crippen LogP contribution in [0.25, 0.3) is 21.5 Å². The maximum absolute atomic E-state index is 2.25. The number of hydrogen-bond acceptors (Lipinski definition) is 0. The molecule has 4 rings (SSSR count). The molecular formula is C22H18. The molecule has 0 aliphatic carbocycles. The molecule has 4 aromatic rings. The highest BCUT2D eigenvalue weighted by atomic mass is 14.1. The van der Waals surface area contributed by atoms with Gasteiger partial charge in [-0.2, -0.15) is 0 Å². The average Bonchev–Trinajstić information content (AvgIpc) is 2.58. The van der Waals surface area contributed by atoms with E-state index in [0.29, 0.717) is 0 Å². The first-order valence-electron chi connectivity index (χ1n) is 7.77. The summed E-state index contributed by atoms with van der Waals surface area (Å²) in [4.78, 5) is 0. The van der Waals surface area contributed by atoms with Crippen LogP contribution < -0.4 is 0 Å². The summed E-state index contributed by atoms with van der Waals surface area (Å²) in [5.41, 5.74) is 4.21. The van der Waals surface area contributed by atoms with Crippen molar-refractivity contribution < 1.29 is 0 Å². The Balaban J connectivity index is 1.91. The smallest absolute Gasteiger partial charge is 0.00108 e. The molecule has 0 nitrogen and oxygen atoms in total. The van der Waals surface area contributed by atoms with Gasteiger partial charge in [-0.15, -0.1) is 0 Å². The average molecular weight is 282 g/mol. The molecule has 0 heterocycles. The second-order valence-corrected chi connectivity index (χ2v) is 5.90. The second kappa shape index (κ2) is 5.31. The van der Waals surface area contributed by atoms with Crippen molar-refractivity contribution in [1.29, 1.82) is 0 Å². The van der Waals surface area contributed by atoms with Gasteiger partial charge in [-0.25, -0.2) is 0 Å². The summed E-state index contributed by atoms with van der Waals surface area (Å²) in [6.45, 7) is 2.22. The van der Waals surface area contributed by atoms with Gasteiger partial charge in [0.1, 0.15) is 0 Å². The van der Waals surface area contributed by atoms with Gasteiger partial charge in [0.05, 0.1) is 0 Å². The van der Waals surface area contributed by atoms with Crippen LogP contribution in [0.15, 0.2) is 78.9 Å². The van der Waals surface area contributed by atoms with E-state index in [9.17, 15) is 0 Å². The maximum atomic E-state index is 2.25. The molecule has 106 valence electrons. The number of aryl methyl sites for hydroxylation is 1. The standard InChI is InChI=1S/C22H18/c1-16-13-14-18-8-3-5-12-21(18)22(16)15-19-10-6-9-17-7-2-4-11-20(17)19/h2-14H,15H2,1H3. The van der Waals surface area contributed by atoms with Gasteiger partial charge in [-0.3, -0.25) is 0 Å². The minimum atomic E-state index is 0.981. The molecule has 0 fully saturated rings. The number of rotatable bonds is 2. The van der Waals surface area contributed by atoms with Gasteiger partial charge < -0.3 is 0 Å². The van der Waals surface area contributed by atoms with Crippen molar-refractivity contribution in [3.8, 4) is 0 Å². The molecule has 0 saturated heterocycles. The van der Waals surface area contributed by atoms with Crippen molar-refractivity contribution in [2.24, 2.45) is 0 Å². The van der Waals surface area contributed by atoms with E-state index in [1.54, 1.807) is 0 Å². The van der Waals surface area contributed by atoms with Gasteiger partial charge in [0.2, 0.25) is 0 Å². The summed E-state index contributed by atoms with van der Waals surface area (Å²) in [6, 6.07) is 28.4. The third kappa shape index (κ3) is 2.17. The zero-order valence-electron chi connectivity index (χ0n) is 12.7. The lowest BCUT2D eigenvalue weighted by Crippen LogP contribution is -1.95. The number of fused-ring (bicyclic) bond motifs is 2. The van der Waals surface area contributed by atoms with Crippen molar-refractivity contribution in [2.75, 3.05) is 0 Å². The van der Waals surface area contributed by atoms with Crippen LogP contribution >= 0.6 is 0 Å². The van der Waals surface area contributed by atoms with Crippen molar-refractivity contribution in [2.45, 2.75) is 13.3 Å². The summed E-state index contributed by atoms with van der Waals surface area (Å²) in [5, 5.41) is 5.37. The Morgan fingerprint density at radius 1 is 0.591 bits per heavy atom. The molecule has 0 heteroatoms. The summed E-state index contributed by atoms with van der Waals surface area (Å²) < 4.78 is 0. The fraction of sp³-hybridized carbons (Fsp3) is 0.0909. The molecule has 0 amide bonds. The third-order valence-electron chi connectivity index (χ3n) is 4.52. The Bertz CT molecular complexity index is 958. The summed E-state index contributed by atoms with van der Waals surface area (Å²) >= 11 is 0. The lowest BCUT2D eigenvalue weighted by molar-refractivity contribution is 1.20. The summed E-state index contributed by atoms with van der Waals surface area (Å²) in [7, 11) is 0. The topological polar surface area (TPSA) is 0 Å². The molecular weight excluding hydrogens is 264 g/mol. The number of benzene rings is 4. The monoisotopic (exact) mass is 282 g/mol. The van der Waals surface area contributed by atoms with E-state index in [1.165, 1.54) is 38.2 Å². The quantitative estimate of drug-likeness (QED) is 0.430. The van der Waals surface area contributed by atoms with E-state index in [0.717, 1.165) is 6.42 Å². The molecule has 0 spiro atoms. The van der Waals surface area contributed by atoms with Crippen LogP contribution in [-0.2, 0) is 6.42 Å². The van der Waals surface area contributed by atoms with E-state index in [4.69, 9.17) is 0 Å². The van der Waals surface area contributed by atoms with Crippen LogP contribution in [0.2, 0.25) is 0 Å². The van der Waals surface area contributed by atoms with Crippen molar-refractivity contribution >= 4 is 21.5 Å². The minimum Gasteiger partial charge on any atom is -0.0616 e. The molecule has 4 aromatic carbocycles. The molecule has 0 radical (unpaired) electrons. The van der Waals surface area contributed by atoms with Crippen LogP contribution in [0, 0.1) is 6.92 Å². The van der Waals surface area contributed by atoms with Gasteiger partial charge in [-0.1, -0.05) is 78.9 Å². The largest absolute Gasteiger partial charge is 0.0616 e. The van der Waals surface area contributed by atoms with Crippen LogP contribution in [0.5, 0.6) is 0 Å². The highest BCUT2D eigenvalue weighted by molar-refractivity contribution is 5.89. The molecule has 0 saturated carbocycles. The fourth-order valence-corrected chi connectivity index (χ4v) is 3.32. The van der Waals surface area contributed by atoms with Gasteiger partial charge in [0.25, 0.3) is 0 Å². The molecule has 0 aliphatic heterocycles. The molecule has 0 unspecified atom stereocenters. The van der Waals surface area contributed by atoms with Crippen LogP contribution in [-0.4, -0.2) is 0 Å². The van der Waals surface area contributed by atoms with E-state index < -0.39 is 0 Å². The normalized spacial score (nSPS) is 11.1. The van der Waals surface area contributed by atoms with Crippen LogP contribution in [0.3, 0.4) is 0 Å². The van der Waals surface area contributed by atoms with Crippen molar-refractivity contribution in [3.05, 3.63) is 95.6 Å². The zero-order chi connectivity index (χ0) is 14.9. The maximum Gasteiger partial charge on any atom is -0.00108 e. The molecule has 0 aliphatic rings. The summed E-state index contributed by atoms with van der Waals surface area (Å²) in [6.07, 6.45) is 0.981. The van der Waals surface area contributed by atoms with Gasteiger partial charge in [0.15, 0.2) is 0 Å².